The maximum absolute atomic E-state index is 10.1. The SMILES string of the molecule is CC.CNCC1CCC(CCO)CC1.COc1ccc(C#N)cc1C.O=Cc1ccc(O)c(Cl)c1. The fraction of sp³-hybridized carbons (Fsp3) is 0.500. The number of hydrogen-bond donors (Lipinski definition) is 3. The molecule has 1 fully saturated rings. The van der Waals surface area contributed by atoms with Crippen molar-refractivity contribution >= 4 is 17.9 Å². The zero-order valence-electron chi connectivity index (χ0n) is 21.7. The average Bonchev–Trinajstić information content (AvgIpc) is 2.89. The molecule has 0 aromatic heterocycles. The Kier molecular flexibility index (Phi) is 18.2. The Morgan fingerprint density at radius 2 is 1.77 bits per heavy atom. The van der Waals surface area contributed by atoms with Gasteiger partial charge < -0.3 is 20.3 Å². The van der Waals surface area contributed by atoms with Gasteiger partial charge in [0.15, 0.2) is 0 Å². The van der Waals surface area contributed by atoms with Gasteiger partial charge in [-0.15, -0.1) is 0 Å². The van der Waals surface area contributed by atoms with Gasteiger partial charge in [0.2, 0.25) is 0 Å². The van der Waals surface area contributed by atoms with Gasteiger partial charge in [0, 0.05) is 12.2 Å². The van der Waals surface area contributed by atoms with Crippen molar-refractivity contribution in [2.75, 3.05) is 27.3 Å². The summed E-state index contributed by atoms with van der Waals surface area (Å²) < 4.78 is 5.04. The zero-order valence-corrected chi connectivity index (χ0v) is 22.4. The molecule has 194 valence electrons. The molecule has 7 heteroatoms. The number of ether oxygens (including phenoxy) is 1. The van der Waals surface area contributed by atoms with Crippen LogP contribution in [0, 0.1) is 30.1 Å². The fourth-order valence-corrected chi connectivity index (χ4v) is 3.93. The molecule has 0 amide bonds. The Hall–Kier alpha value is -2.59. The lowest BCUT2D eigenvalue weighted by molar-refractivity contribution is 0.112. The zero-order chi connectivity index (χ0) is 26.6. The third kappa shape index (κ3) is 13.2. The maximum atomic E-state index is 10.1. The number of hydrogen-bond acceptors (Lipinski definition) is 6. The molecule has 0 spiro atoms. The molecule has 0 aliphatic heterocycles. The first kappa shape index (κ1) is 32.4. The Bertz CT molecular complexity index is 877. The van der Waals surface area contributed by atoms with Crippen molar-refractivity contribution in [3.8, 4) is 17.6 Å². The van der Waals surface area contributed by atoms with E-state index >= 15 is 0 Å². The van der Waals surface area contributed by atoms with E-state index in [0.717, 1.165) is 29.6 Å². The van der Waals surface area contributed by atoms with E-state index in [2.05, 4.69) is 11.4 Å². The lowest BCUT2D eigenvalue weighted by Crippen LogP contribution is -2.24. The van der Waals surface area contributed by atoms with Crippen LogP contribution in [-0.2, 0) is 0 Å². The number of aliphatic hydroxyl groups is 1. The van der Waals surface area contributed by atoms with Crippen molar-refractivity contribution in [3.63, 3.8) is 0 Å². The average molecular weight is 505 g/mol. The van der Waals surface area contributed by atoms with E-state index in [4.69, 9.17) is 31.8 Å². The standard InChI is InChI=1S/C10H21NO.C9H9NO.C7H5ClO2.C2H6/c1-11-8-10-4-2-9(3-5-10)6-7-12;1-7-5-8(6-10)3-4-9(7)11-2;8-6-3-5(4-9)1-2-7(6)10;1-2/h9-12H,2-8H2,1H3;3-5H,1-2H3;1-4,10H;1-2H3. The number of carbonyl (C=O) groups is 1. The minimum absolute atomic E-state index is 0.00716. The van der Waals surface area contributed by atoms with E-state index in [0.29, 0.717) is 24.0 Å². The highest BCUT2D eigenvalue weighted by Crippen LogP contribution is 2.30. The number of carbonyl (C=O) groups excluding carboxylic acids is 1. The molecule has 3 N–H and O–H groups in total. The lowest BCUT2D eigenvalue weighted by Gasteiger charge is -2.27. The summed E-state index contributed by atoms with van der Waals surface area (Å²) in [7, 11) is 3.65. The van der Waals surface area contributed by atoms with Gasteiger partial charge in [-0.05, 0) is 93.6 Å². The Morgan fingerprint density at radius 1 is 1.14 bits per heavy atom. The number of phenolic OH excluding ortho intramolecular Hbond substituents is 1. The number of rotatable bonds is 6. The molecule has 0 saturated heterocycles. The molecule has 0 heterocycles. The highest BCUT2D eigenvalue weighted by molar-refractivity contribution is 6.32. The highest BCUT2D eigenvalue weighted by Gasteiger charge is 2.19. The van der Waals surface area contributed by atoms with Gasteiger partial charge in [-0.1, -0.05) is 38.3 Å². The number of nitrogens with one attached hydrogen (secondary N) is 1. The Balaban J connectivity index is 0.000000480. The molecule has 3 rings (SSSR count). The van der Waals surface area contributed by atoms with Crippen LogP contribution in [0.2, 0.25) is 5.02 Å². The predicted octanol–water partition coefficient (Wildman–Crippen LogP) is 6.15. The van der Waals surface area contributed by atoms with Gasteiger partial charge in [-0.3, -0.25) is 4.79 Å². The summed E-state index contributed by atoms with van der Waals surface area (Å²) in [4.78, 5) is 10.1. The Labute approximate surface area is 215 Å². The molecule has 0 bridgehead atoms. The van der Waals surface area contributed by atoms with E-state index in [1.807, 2.05) is 27.8 Å². The van der Waals surface area contributed by atoms with Crippen molar-refractivity contribution in [1.29, 1.82) is 5.26 Å². The first-order chi connectivity index (χ1) is 16.9. The molecule has 2 aromatic carbocycles. The molecule has 0 radical (unpaired) electrons. The van der Waals surface area contributed by atoms with Crippen LogP contribution in [0.4, 0.5) is 0 Å². The van der Waals surface area contributed by atoms with Crippen LogP contribution >= 0.6 is 11.6 Å². The highest BCUT2D eigenvalue weighted by atomic mass is 35.5. The van der Waals surface area contributed by atoms with E-state index in [-0.39, 0.29) is 10.8 Å². The minimum Gasteiger partial charge on any atom is -0.506 e. The molecule has 1 aliphatic carbocycles. The second-order valence-electron chi connectivity index (χ2n) is 8.08. The van der Waals surface area contributed by atoms with Crippen molar-refractivity contribution < 1.29 is 19.7 Å². The van der Waals surface area contributed by atoms with Crippen LogP contribution in [0.1, 0.15) is 67.4 Å². The van der Waals surface area contributed by atoms with Crippen molar-refractivity contribution in [1.82, 2.24) is 5.32 Å². The molecular weight excluding hydrogens is 464 g/mol. The van der Waals surface area contributed by atoms with Gasteiger partial charge in [0.05, 0.1) is 23.8 Å². The summed E-state index contributed by atoms with van der Waals surface area (Å²) in [5.74, 6) is 2.52. The summed E-state index contributed by atoms with van der Waals surface area (Å²) in [5.41, 5.74) is 2.12. The van der Waals surface area contributed by atoms with E-state index in [9.17, 15) is 4.79 Å². The van der Waals surface area contributed by atoms with Crippen LogP contribution in [0.3, 0.4) is 0 Å². The van der Waals surface area contributed by atoms with Gasteiger partial charge in [-0.25, -0.2) is 0 Å². The second-order valence-corrected chi connectivity index (χ2v) is 8.49. The summed E-state index contributed by atoms with van der Waals surface area (Å²) in [6.45, 7) is 7.47. The number of aldehydes is 1. The monoisotopic (exact) mass is 504 g/mol. The number of aryl methyl sites for hydroxylation is 1. The smallest absolute Gasteiger partial charge is 0.150 e. The van der Waals surface area contributed by atoms with Crippen molar-refractivity contribution in [2.45, 2.75) is 52.9 Å². The number of nitriles is 1. The van der Waals surface area contributed by atoms with E-state index in [1.165, 1.54) is 50.4 Å². The molecule has 6 nitrogen and oxygen atoms in total. The van der Waals surface area contributed by atoms with Gasteiger partial charge in [0.1, 0.15) is 17.8 Å². The summed E-state index contributed by atoms with van der Waals surface area (Å²) in [5, 5.41) is 29.6. The number of phenols is 1. The van der Waals surface area contributed by atoms with Crippen LogP contribution in [0.15, 0.2) is 36.4 Å². The van der Waals surface area contributed by atoms with Gasteiger partial charge in [-0.2, -0.15) is 5.26 Å². The normalized spacial score (nSPS) is 16.1. The van der Waals surface area contributed by atoms with E-state index in [1.54, 1.807) is 25.3 Å². The van der Waals surface area contributed by atoms with Crippen LogP contribution < -0.4 is 10.1 Å². The molecule has 2 aromatic rings. The summed E-state index contributed by atoms with van der Waals surface area (Å²) in [6, 6.07) is 11.7. The summed E-state index contributed by atoms with van der Waals surface area (Å²) >= 11 is 5.48. The number of aromatic hydroxyl groups is 1. The largest absolute Gasteiger partial charge is 0.506 e. The molecule has 1 aliphatic rings. The molecule has 0 unspecified atom stereocenters. The number of aliphatic hydroxyl groups excluding tert-OH is 1. The maximum Gasteiger partial charge on any atom is 0.150 e. The Morgan fingerprint density at radius 3 is 2.23 bits per heavy atom. The molecule has 1 saturated carbocycles. The number of halogens is 1. The first-order valence-corrected chi connectivity index (χ1v) is 12.5. The number of nitrogens with zero attached hydrogens (tertiary/aromatic N) is 1. The molecular formula is C28H41ClN2O4. The predicted molar refractivity (Wildman–Crippen MR) is 143 cm³/mol. The van der Waals surface area contributed by atoms with E-state index < -0.39 is 0 Å². The number of benzene rings is 2. The fourth-order valence-electron chi connectivity index (χ4n) is 3.74. The summed E-state index contributed by atoms with van der Waals surface area (Å²) in [6.07, 6.45) is 7.05. The third-order valence-electron chi connectivity index (χ3n) is 5.63. The lowest BCUT2D eigenvalue weighted by atomic mass is 9.81. The van der Waals surface area contributed by atoms with Crippen molar-refractivity contribution in [3.05, 3.63) is 58.1 Å². The van der Waals surface area contributed by atoms with Crippen LogP contribution in [-0.4, -0.2) is 43.8 Å². The minimum atomic E-state index is -0.00716. The van der Waals surface area contributed by atoms with Crippen molar-refractivity contribution in [2.24, 2.45) is 11.8 Å². The van der Waals surface area contributed by atoms with Crippen LogP contribution in [0.5, 0.6) is 11.5 Å². The molecule has 0 atom stereocenters. The van der Waals surface area contributed by atoms with Crippen LogP contribution in [0.25, 0.3) is 0 Å². The van der Waals surface area contributed by atoms with Gasteiger partial charge in [0.25, 0.3) is 0 Å². The molecule has 35 heavy (non-hydrogen) atoms. The first-order valence-electron chi connectivity index (χ1n) is 12.1. The topological polar surface area (TPSA) is 103 Å². The quantitative estimate of drug-likeness (QED) is 0.407. The second kappa shape index (κ2) is 19.7. The third-order valence-corrected chi connectivity index (χ3v) is 5.93. The number of methoxy groups -OCH3 is 1. The van der Waals surface area contributed by atoms with Gasteiger partial charge >= 0.3 is 0 Å².